The van der Waals surface area contributed by atoms with E-state index in [0.717, 1.165) is 18.4 Å². The van der Waals surface area contributed by atoms with Gasteiger partial charge < -0.3 is 29.0 Å². The molecule has 208 valence electrons. The van der Waals surface area contributed by atoms with Crippen molar-refractivity contribution in [2.24, 2.45) is 0 Å². The summed E-state index contributed by atoms with van der Waals surface area (Å²) in [6.07, 6.45) is 3.00. The van der Waals surface area contributed by atoms with E-state index in [9.17, 15) is 14.4 Å². The maximum absolute atomic E-state index is 13.8. The number of unbranched alkanes of at least 4 members (excludes halogenated alkanes) is 1. The topological polar surface area (TPSA) is 101 Å². The summed E-state index contributed by atoms with van der Waals surface area (Å²) in [6, 6.07) is 9.97. The van der Waals surface area contributed by atoms with E-state index in [1.165, 1.54) is 11.2 Å². The lowest BCUT2D eigenvalue weighted by molar-refractivity contribution is -0.133. The summed E-state index contributed by atoms with van der Waals surface area (Å²) in [7, 11) is 0. The molecule has 39 heavy (non-hydrogen) atoms. The maximum Gasteiger partial charge on any atom is 0.318 e. The lowest BCUT2D eigenvalue weighted by Gasteiger charge is -2.30. The first-order chi connectivity index (χ1) is 18.5. The molecule has 0 saturated heterocycles. The Labute approximate surface area is 232 Å². The summed E-state index contributed by atoms with van der Waals surface area (Å²) in [4.78, 5) is 43.2. The van der Waals surface area contributed by atoms with Crippen LogP contribution < -0.4 is 20.2 Å². The second-order valence-corrected chi connectivity index (χ2v) is 11.1. The van der Waals surface area contributed by atoms with Crippen molar-refractivity contribution in [2.45, 2.75) is 59.2 Å². The number of nitrogens with zero attached hydrogens (tertiary/aromatic N) is 2. The van der Waals surface area contributed by atoms with Gasteiger partial charge in [0.1, 0.15) is 12.1 Å². The third kappa shape index (κ3) is 7.23. The Morgan fingerprint density at radius 3 is 2.54 bits per heavy atom. The van der Waals surface area contributed by atoms with Crippen molar-refractivity contribution < 1.29 is 23.5 Å². The van der Waals surface area contributed by atoms with Gasteiger partial charge in [-0.05, 0) is 63.1 Å². The molecule has 1 aliphatic rings. The van der Waals surface area contributed by atoms with Gasteiger partial charge in [0, 0.05) is 23.7 Å². The summed E-state index contributed by atoms with van der Waals surface area (Å²) < 4.78 is 16.6. The zero-order chi connectivity index (χ0) is 28.2. The van der Waals surface area contributed by atoms with Gasteiger partial charge in [-0.15, -0.1) is 0 Å². The molecule has 3 amide bonds. The number of fused-ring (bicyclic) bond motifs is 2. The standard InChI is InChI=1S/C29H34ClN3O6/c1-5-6-11-32(28(36)31-29(2,3)4)16-26(34)33(14-19-7-9-24-25(12-19)39-18-38-24)15-20-17-37-23-10-8-21(30)13-22(23)27(20)35/h7-10,12-13,17H,5-6,11,14-16,18H2,1-4H3,(H,31,36). The van der Waals surface area contributed by atoms with Gasteiger partial charge in [-0.2, -0.15) is 0 Å². The van der Waals surface area contributed by atoms with E-state index in [0.29, 0.717) is 39.6 Å². The molecule has 2 heterocycles. The summed E-state index contributed by atoms with van der Waals surface area (Å²) in [5.41, 5.74) is 0.780. The molecule has 1 aromatic heterocycles. The maximum atomic E-state index is 13.8. The van der Waals surface area contributed by atoms with Gasteiger partial charge in [0.25, 0.3) is 0 Å². The quantitative estimate of drug-likeness (QED) is 0.384. The molecule has 1 N–H and O–H groups in total. The molecule has 0 unspecified atom stereocenters. The Hall–Kier alpha value is -3.72. The van der Waals surface area contributed by atoms with Crippen LogP contribution in [0.15, 0.2) is 51.9 Å². The number of nitrogens with one attached hydrogen (secondary N) is 1. The number of ether oxygens (including phenoxy) is 2. The average Bonchev–Trinajstić information content (AvgIpc) is 3.34. The lowest BCUT2D eigenvalue weighted by Crippen LogP contribution is -2.51. The van der Waals surface area contributed by atoms with E-state index in [2.05, 4.69) is 5.32 Å². The zero-order valence-electron chi connectivity index (χ0n) is 22.7. The van der Waals surface area contributed by atoms with E-state index >= 15 is 0 Å². The predicted octanol–water partition coefficient (Wildman–Crippen LogP) is 5.31. The van der Waals surface area contributed by atoms with Gasteiger partial charge in [-0.25, -0.2) is 4.79 Å². The Bertz CT molecular complexity index is 1410. The minimum Gasteiger partial charge on any atom is -0.464 e. The highest BCUT2D eigenvalue weighted by Crippen LogP contribution is 2.33. The Kier molecular flexibility index (Phi) is 8.70. The van der Waals surface area contributed by atoms with Gasteiger partial charge in [-0.3, -0.25) is 9.59 Å². The third-order valence-corrected chi connectivity index (χ3v) is 6.44. The summed E-state index contributed by atoms with van der Waals surface area (Å²) >= 11 is 6.12. The van der Waals surface area contributed by atoms with Crippen molar-refractivity contribution in [3.63, 3.8) is 0 Å². The van der Waals surface area contributed by atoms with Crippen LogP contribution in [0.3, 0.4) is 0 Å². The first kappa shape index (κ1) is 28.3. The van der Waals surface area contributed by atoms with Crippen molar-refractivity contribution in [2.75, 3.05) is 19.9 Å². The molecule has 10 heteroatoms. The van der Waals surface area contributed by atoms with Gasteiger partial charge in [-0.1, -0.05) is 31.0 Å². The van der Waals surface area contributed by atoms with Crippen LogP contribution in [0, 0.1) is 0 Å². The molecule has 0 aliphatic carbocycles. The smallest absolute Gasteiger partial charge is 0.318 e. The number of hydrogen-bond acceptors (Lipinski definition) is 6. The van der Waals surface area contributed by atoms with E-state index in [1.54, 1.807) is 29.2 Å². The Morgan fingerprint density at radius 1 is 1.03 bits per heavy atom. The Balaban J connectivity index is 1.63. The van der Waals surface area contributed by atoms with Crippen molar-refractivity contribution in [1.82, 2.24) is 15.1 Å². The summed E-state index contributed by atoms with van der Waals surface area (Å²) in [5, 5.41) is 3.69. The number of carbonyl (C=O) groups is 2. The van der Waals surface area contributed by atoms with Crippen LogP contribution >= 0.6 is 11.6 Å². The molecule has 9 nitrogen and oxygen atoms in total. The van der Waals surface area contributed by atoms with E-state index < -0.39 is 5.54 Å². The third-order valence-electron chi connectivity index (χ3n) is 6.21. The molecule has 4 rings (SSSR count). The average molecular weight is 556 g/mol. The van der Waals surface area contributed by atoms with E-state index in [1.807, 2.05) is 39.8 Å². The predicted molar refractivity (Wildman–Crippen MR) is 149 cm³/mol. The molecule has 2 aromatic carbocycles. The zero-order valence-corrected chi connectivity index (χ0v) is 23.5. The molecule has 0 fully saturated rings. The second kappa shape index (κ2) is 12.0. The molecule has 0 spiro atoms. The monoisotopic (exact) mass is 555 g/mol. The van der Waals surface area contributed by atoms with Gasteiger partial charge in [0.15, 0.2) is 16.9 Å². The van der Waals surface area contributed by atoms with Crippen LogP contribution in [0.2, 0.25) is 5.02 Å². The highest BCUT2D eigenvalue weighted by atomic mass is 35.5. The lowest BCUT2D eigenvalue weighted by atomic mass is 10.1. The highest BCUT2D eigenvalue weighted by Gasteiger charge is 2.26. The largest absolute Gasteiger partial charge is 0.464 e. The number of halogens is 1. The van der Waals surface area contributed by atoms with Crippen molar-refractivity contribution in [1.29, 1.82) is 0 Å². The molecule has 3 aromatic rings. The fourth-order valence-corrected chi connectivity index (χ4v) is 4.39. The molecule has 1 aliphatic heterocycles. The number of hydrogen-bond donors (Lipinski definition) is 1. The van der Waals surface area contributed by atoms with Crippen LogP contribution in [0.1, 0.15) is 51.7 Å². The molecule has 0 radical (unpaired) electrons. The van der Waals surface area contributed by atoms with Gasteiger partial charge >= 0.3 is 6.03 Å². The minimum absolute atomic E-state index is 0.0133. The van der Waals surface area contributed by atoms with Gasteiger partial charge in [0.2, 0.25) is 12.7 Å². The molecular formula is C29H34ClN3O6. The normalized spacial score (nSPS) is 12.4. The number of carbonyl (C=O) groups excluding carboxylic acids is 2. The van der Waals surface area contributed by atoms with Crippen LogP contribution in [-0.2, 0) is 17.9 Å². The fraction of sp³-hybridized carbons (Fsp3) is 0.414. The summed E-state index contributed by atoms with van der Waals surface area (Å²) in [6.45, 7) is 8.30. The van der Waals surface area contributed by atoms with Crippen molar-refractivity contribution in [3.05, 3.63) is 69.0 Å². The minimum atomic E-state index is -0.456. The number of rotatable bonds is 9. The SMILES string of the molecule is CCCCN(CC(=O)N(Cc1ccc2c(c1)OCO2)Cc1coc2ccc(Cl)cc2c1=O)C(=O)NC(C)(C)C. The van der Waals surface area contributed by atoms with E-state index in [-0.39, 0.29) is 43.8 Å². The first-order valence-corrected chi connectivity index (χ1v) is 13.3. The van der Waals surface area contributed by atoms with E-state index in [4.69, 9.17) is 25.5 Å². The summed E-state index contributed by atoms with van der Waals surface area (Å²) in [5.74, 6) is 0.917. The van der Waals surface area contributed by atoms with Crippen LogP contribution in [-0.4, -0.2) is 47.2 Å². The number of benzene rings is 2. The second-order valence-electron chi connectivity index (χ2n) is 10.6. The first-order valence-electron chi connectivity index (χ1n) is 13.0. The van der Waals surface area contributed by atoms with Crippen LogP contribution in [0.4, 0.5) is 4.79 Å². The Morgan fingerprint density at radius 2 is 1.79 bits per heavy atom. The molecule has 0 atom stereocenters. The van der Waals surface area contributed by atoms with Gasteiger partial charge in [0.05, 0.1) is 23.8 Å². The van der Waals surface area contributed by atoms with Crippen LogP contribution in [0.5, 0.6) is 11.5 Å². The van der Waals surface area contributed by atoms with Crippen molar-refractivity contribution >= 4 is 34.5 Å². The highest BCUT2D eigenvalue weighted by molar-refractivity contribution is 6.31. The number of amides is 3. The molecule has 0 saturated carbocycles. The van der Waals surface area contributed by atoms with Crippen molar-refractivity contribution in [3.8, 4) is 11.5 Å². The fourth-order valence-electron chi connectivity index (χ4n) is 4.21. The molecular weight excluding hydrogens is 522 g/mol. The number of urea groups is 1. The van der Waals surface area contributed by atoms with Crippen LogP contribution in [0.25, 0.3) is 11.0 Å². The molecule has 0 bridgehead atoms.